The molecule has 0 radical (unpaired) electrons. The van der Waals surface area contributed by atoms with Crippen molar-refractivity contribution < 1.29 is 9.47 Å². The van der Waals surface area contributed by atoms with Crippen LogP contribution in [0.3, 0.4) is 0 Å². The Balaban J connectivity index is 1.90. The van der Waals surface area contributed by atoms with Crippen LogP contribution in [-0.2, 0) is 9.47 Å². The molecule has 0 aliphatic carbocycles. The van der Waals surface area contributed by atoms with E-state index < -0.39 is 0 Å². The van der Waals surface area contributed by atoms with Gasteiger partial charge in [-0.2, -0.15) is 0 Å². The summed E-state index contributed by atoms with van der Waals surface area (Å²) in [6, 6.07) is 10.9. The van der Waals surface area contributed by atoms with E-state index in [9.17, 15) is 0 Å². The Bertz CT molecular complexity index is 355. The first kappa shape index (κ1) is 14.5. The van der Waals surface area contributed by atoms with E-state index >= 15 is 0 Å². The fourth-order valence-corrected chi connectivity index (χ4v) is 2.51. The Labute approximate surface area is 116 Å². The average Bonchev–Trinajstić information content (AvgIpc) is 2.46. The summed E-state index contributed by atoms with van der Waals surface area (Å²) in [4.78, 5) is 0. The lowest BCUT2D eigenvalue weighted by Crippen LogP contribution is -2.44. The van der Waals surface area contributed by atoms with Gasteiger partial charge in [0.1, 0.15) is 0 Å². The Morgan fingerprint density at radius 1 is 1.37 bits per heavy atom. The van der Waals surface area contributed by atoms with Gasteiger partial charge in [0, 0.05) is 25.8 Å². The SMILES string of the molecule is CCOC(CNC1COCCC1C)c1ccccc1. The standard InChI is InChI=1S/C16H25NO2/c1-3-19-16(14-7-5-4-6-8-14)11-17-15-12-18-10-9-13(15)2/h4-8,13,15-17H,3,9-12H2,1-2H3. The molecule has 1 saturated heterocycles. The highest BCUT2D eigenvalue weighted by Gasteiger charge is 2.22. The molecule has 3 unspecified atom stereocenters. The lowest BCUT2D eigenvalue weighted by Gasteiger charge is -2.31. The summed E-state index contributed by atoms with van der Waals surface area (Å²) in [5.74, 6) is 0.673. The third-order valence-corrected chi connectivity index (χ3v) is 3.81. The van der Waals surface area contributed by atoms with Gasteiger partial charge in [0.05, 0.1) is 12.7 Å². The van der Waals surface area contributed by atoms with E-state index in [1.807, 2.05) is 13.0 Å². The van der Waals surface area contributed by atoms with Gasteiger partial charge in [-0.25, -0.2) is 0 Å². The largest absolute Gasteiger partial charge is 0.380 e. The van der Waals surface area contributed by atoms with Crippen LogP contribution in [0.15, 0.2) is 30.3 Å². The molecule has 1 N–H and O–H groups in total. The molecule has 2 rings (SSSR count). The molecule has 1 aliphatic rings. The van der Waals surface area contributed by atoms with Gasteiger partial charge in [0.15, 0.2) is 0 Å². The van der Waals surface area contributed by atoms with E-state index in [2.05, 4.69) is 36.5 Å². The summed E-state index contributed by atoms with van der Waals surface area (Å²) in [6.45, 7) is 7.62. The van der Waals surface area contributed by atoms with Crippen LogP contribution in [0.5, 0.6) is 0 Å². The zero-order valence-electron chi connectivity index (χ0n) is 12.0. The molecular weight excluding hydrogens is 238 g/mol. The topological polar surface area (TPSA) is 30.5 Å². The summed E-state index contributed by atoms with van der Waals surface area (Å²) < 4.78 is 11.4. The number of benzene rings is 1. The zero-order valence-corrected chi connectivity index (χ0v) is 12.0. The minimum absolute atomic E-state index is 0.125. The van der Waals surface area contributed by atoms with Crippen molar-refractivity contribution in [2.75, 3.05) is 26.4 Å². The Morgan fingerprint density at radius 2 is 2.16 bits per heavy atom. The molecule has 0 bridgehead atoms. The van der Waals surface area contributed by atoms with Gasteiger partial charge in [0.2, 0.25) is 0 Å². The van der Waals surface area contributed by atoms with Crippen molar-refractivity contribution in [1.29, 1.82) is 0 Å². The maximum Gasteiger partial charge on any atom is 0.0949 e. The van der Waals surface area contributed by atoms with Crippen LogP contribution < -0.4 is 5.32 Å². The number of nitrogens with one attached hydrogen (secondary N) is 1. The molecule has 1 fully saturated rings. The predicted molar refractivity (Wildman–Crippen MR) is 77.2 cm³/mol. The molecule has 0 saturated carbocycles. The van der Waals surface area contributed by atoms with E-state index in [1.165, 1.54) is 5.56 Å². The van der Waals surface area contributed by atoms with E-state index in [-0.39, 0.29) is 6.10 Å². The molecule has 1 heterocycles. The molecule has 3 atom stereocenters. The maximum absolute atomic E-state index is 5.85. The van der Waals surface area contributed by atoms with Gasteiger partial charge in [0.25, 0.3) is 0 Å². The summed E-state index contributed by atoms with van der Waals surface area (Å²) in [6.07, 6.45) is 1.27. The Morgan fingerprint density at radius 3 is 2.84 bits per heavy atom. The van der Waals surface area contributed by atoms with Gasteiger partial charge in [-0.15, -0.1) is 0 Å². The monoisotopic (exact) mass is 263 g/mol. The minimum atomic E-state index is 0.125. The number of rotatable bonds is 6. The van der Waals surface area contributed by atoms with Crippen molar-refractivity contribution in [3.05, 3.63) is 35.9 Å². The molecule has 0 spiro atoms. The molecule has 106 valence electrons. The van der Waals surface area contributed by atoms with Crippen LogP contribution in [0.2, 0.25) is 0 Å². The van der Waals surface area contributed by atoms with Gasteiger partial charge in [-0.3, -0.25) is 0 Å². The second-order valence-electron chi connectivity index (χ2n) is 5.21. The molecule has 3 heteroatoms. The number of hydrogen-bond donors (Lipinski definition) is 1. The number of hydrogen-bond acceptors (Lipinski definition) is 3. The van der Waals surface area contributed by atoms with E-state index in [0.717, 1.165) is 32.8 Å². The molecule has 1 aliphatic heterocycles. The normalized spacial score (nSPS) is 25.2. The lowest BCUT2D eigenvalue weighted by molar-refractivity contribution is 0.0236. The van der Waals surface area contributed by atoms with E-state index in [1.54, 1.807) is 0 Å². The molecule has 19 heavy (non-hydrogen) atoms. The van der Waals surface area contributed by atoms with Crippen molar-refractivity contribution in [3.8, 4) is 0 Å². The quantitative estimate of drug-likeness (QED) is 0.856. The molecule has 0 aromatic heterocycles. The predicted octanol–water partition coefficient (Wildman–Crippen LogP) is 2.78. The van der Waals surface area contributed by atoms with Crippen LogP contribution >= 0.6 is 0 Å². The van der Waals surface area contributed by atoms with Crippen LogP contribution in [0.4, 0.5) is 0 Å². The fraction of sp³-hybridized carbons (Fsp3) is 0.625. The number of ether oxygens (including phenoxy) is 2. The van der Waals surface area contributed by atoms with E-state index in [4.69, 9.17) is 9.47 Å². The maximum atomic E-state index is 5.85. The first-order chi connectivity index (χ1) is 9.31. The smallest absolute Gasteiger partial charge is 0.0949 e. The van der Waals surface area contributed by atoms with Crippen LogP contribution in [0.25, 0.3) is 0 Å². The third-order valence-electron chi connectivity index (χ3n) is 3.81. The zero-order chi connectivity index (χ0) is 13.5. The molecule has 1 aromatic carbocycles. The van der Waals surface area contributed by atoms with Crippen molar-refractivity contribution in [1.82, 2.24) is 5.32 Å². The molecule has 1 aromatic rings. The molecule has 0 amide bonds. The third kappa shape index (κ3) is 4.30. The highest BCUT2D eigenvalue weighted by atomic mass is 16.5. The molecule has 3 nitrogen and oxygen atoms in total. The van der Waals surface area contributed by atoms with Crippen molar-refractivity contribution >= 4 is 0 Å². The van der Waals surface area contributed by atoms with Gasteiger partial charge < -0.3 is 14.8 Å². The summed E-state index contributed by atoms with van der Waals surface area (Å²) >= 11 is 0. The highest BCUT2D eigenvalue weighted by molar-refractivity contribution is 5.18. The van der Waals surface area contributed by atoms with Gasteiger partial charge in [-0.05, 0) is 24.8 Å². The average molecular weight is 263 g/mol. The first-order valence-electron chi connectivity index (χ1n) is 7.29. The summed E-state index contributed by atoms with van der Waals surface area (Å²) in [5, 5.41) is 3.60. The van der Waals surface area contributed by atoms with E-state index in [0.29, 0.717) is 12.0 Å². The Hall–Kier alpha value is -0.900. The van der Waals surface area contributed by atoms with Crippen LogP contribution in [-0.4, -0.2) is 32.4 Å². The second-order valence-corrected chi connectivity index (χ2v) is 5.21. The second kappa shape index (κ2) is 7.63. The van der Waals surface area contributed by atoms with Crippen LogP contribution in [0.1, 0.15) is 31.9 Å². The highest BCUT2D eigenvalue weighted by Crippen LogP contribution is 2.19. The lowest BCUT2D eigenvalue weighted by atomic mass is 9.97. The first-order valence-corrected chi connectivity index (χ1v) is 7.29. The van der Waals surface area contributed by atoms with Crippen molar-refractivity contribution in [3.63, 3.8) is 0 Å². The molecular formula is C16H25NO2. The van der Waals surface area contributed by atoms with Gasteiger partial charge in [-0.1, -0.05) is 37.3 Å². The summed E-state index contributed by atoms with van der Waals surface area (Å²) in [5.41, 5.74) is 1.24. The fourth-order valence-electron chi connectivity index (χ4n) is 2.51. The van der Waals surface area contributed by atoms with Crippen molar-refractivity contribution in [2.45, 2.75) is 32.4 Å². The van der Waals surface area contributed by atoms with Crippen LogP contribution in [0, 0.1) is 5.92 Å². The Kier molecular flexibility index (Phi) is 5.83. The van der Waals surface area contributed by atoms with Crippen molar-refractivity contribution in [2.24, 2.45) is 5.92 Å². The minimum Gasteiger partial charge on any atom is -0.380 e. The summed E-state index contributed by atoms with van der Waals surface area (Å²) in [7, 11) is 0. The van der Waals surface area contributed by atoms with Gasteiger partial charge >= 0.3 is 0 Å².